The molecule has 0 saturated carbocycles. The minimum Gasteiger partial charge on any atom is -0.322 e. The quantitative estimate of drug-likeness (QED) is 0.851. The summed E-state index contributed by atoms with van der Waals surface area (Å²) in [5.74, 6) is -0.345. The molecule has 104 valence electrons. The second-order valence-corrected chi connectivity index (χ2v) is 5.02. The molecule has 1 aromatic carbocycles. The van der Waals surface area contributed by atoms with Crippen LogP contribution in [0, 0.1) is 0 Å². The van der Waals surface area contributed by atoms with Crippen molar-refractivity contribution >= 4 is 23.3 Å². The zero-order valence-electron chi connectivity index (χ0n) is 11.0. The molecule has 6 heteroatoms. The second-order valence-electron chi connectivity index (χ2n) is 4.24. The van der Waals surface area contributed by atoms with Gasteiger partial charge in [-0.3, -0.25) is 10.2 Å². The van der Waals surface area contributed by atoms with Crippen LogP contribution < -0.4 is 10.9 Å². The molecule has 0 radical (unpaired) electrons. The van der Waals surface area contributed by atoms with Gasteiger partial charge in [-0.15, -0.1) is 0 Å². The highest BCUT2D eigenvalue weighted by Crippen LogP contribution is 2.08. The molecule has 3 amide bonds. The highest BCUT2D eigenvalue weighted by molar-refractivity contribution is 7.07. The Morgan fingerprint density at radius 1 is 1.15 bits per heavy atom. The van der Waals surface area contributed by atoms with Crippen LogP contribution >= 0.6 is 11.3 Å². The predicted octanol–water partition coefficient (Wildman–Crippen LogP) is 2.23. The lowest BCUT2D eigenvalue weighted by Crippen LogP contribution is -2.47. The van der Waals surface area contributed by atoms with E-state index >= 15 is 0 Å². The number of hydrogen-bond donors (Lipinski definition) is 2. The number of rotatable bonds is 3. The van der Waals surface area contributed by atoms with Gasteiger partial charge in [0.25, 0.3) is 5.91 Å². The number of hydrogen-bond acceptors (Lipinski definition) is 3. The SMILES string of the molecule is CN(Cc1ccsc1)C(=O)NNC(=O)c1ccccc1. The standard InChI is InChI=1S/C14H15N3O2S/c1-17(9-11-7-8-20-10-11)14(19)16-15-13(18)12-5-3-2-4-6-12/h2-8,10H,9H2,1H3,(H,15,18)(H,16,19). The smallest absolute Gasteiger partial charge is 0.322 e. The Hall–Kier alpha value is -2.34. The molecular weight excluding hydrogens is 274 g/mol. The molecule has 5 nitrogen and oxygen atoms in total. The predicted molar refractivity (Wildman–Crippen MR) is 78.2 cm³/mol. The molecule has 20 heavy (non-hydrogen) atoms. The molecule has 0 unspecified atom stereocenters. The minimum absolute atomic E-state index is 0.345. The van der Waals surface area contributed by atoms with E-state index in [4.69, 9.17) is 0 Å². The Bertz CT molecular complexity index is 569. The van der Waals surface area contributed by atoms with Crippen molar-refractivity contribution in [2.75, 3.05) is 7.05 Å². The Labute approximate surface area is 121 Å². The van der Waals surface area contributed by atoms with Gasteiger partial charge < -0.3 is 4.90 Å². The van der Waals surface area contributed by atoms with Crippen molar-refractivity contribution in [2.24, 2.45) is 0 Å². The van der Waals surface area contributed by atoms with Crippen molar-refractivity contribution in [3.8, 4) is 0 Å². The number of carbonyl (C=O) groups is 2. The van der Waals surface area contributed by atoms with Crippen LogP contribution in [0.25, 0.3) is 0 Å². The van der Waals surface area contributed by atoms with E-state index in [1.807, 2.05) is 22.9 Å². The largest absolute Gasteiger partial charge is 0.336 e. The van der Waals surface area contributed by atoms with Crippen molar-refractivity contribution in [3.05, 3.63) is 58.3 Å². The number of nitrogens with zero attached hydrogens (tertiary/aromatic N) is 1. The first-order valence-electron chi connectivity index (χ1n) is 6.04. The van der Waals surface area contributed by atoms with Gasteiger partial charge in [0.05, 0.1) is 0 Å². The summed E-state index contributed by atoms with van der Waals surface area (Å²) in [4.78, 5) is 25.0. The molecule has 0 fully saturated rings. The molecule has 2 rings (SSSR count). The Kier molecular flexibility index (Phi) is 4.73. The summed E-state index contributed by atoms with van der Waals surface area (Å²) in [6.07, 6.45) is 0. The molecule has 2 N–H and O–H groups in total. The number of amides is 3. The third kappa shape index (κ3) is 3.83. The van der Waals surface area contributed by atoms with E-state index in [2.05, 4.69) is 10.9 Å². The average Bonchev–Trinajstić information content (AvgIpc) is 2.98. The van der Waals surface area contributed by atoms with E-state index in [1.54, 1.807) is 42.6 Å². The van der Waals surface area contributed by atoms with Gasteiger partial charge in [0, 0.05) is 19.2 Å². The normalized spacial score (nSPS) is 9.85. The number of nitrogens with one attached hydrogen (secondary N) is 2. The zero-order valence-corrected chi connectivity index (χ0v) is 11.8. The van der Waals surface area contributed by atoms with E-state index in [1.165, 1.54) is 4.90 Å². The number of urea groups is 1. The minimum atomic E-state index is -0.361. The summed E-state index contributed by atoms with van der Waals surface area (Å²) in [6, 6.07) is 10.3. The maximum absolute atomic E-state index is 11.8. The van der Waals surface area contributed by atoms with Crippen LogP contribution in [0.5, 0.6) is 0 Å². The van der Waals surface area contributed by atoms with E-state index in [-0.39, 0.29) is 11.9 Å². The lowest BCUT2D eigenvalue weighted by Gasteiger charge is -2.17. The van der Waals surface area contributed by atoms with Crippen LogP contribution in [-0.4, -0.2) is 23.9 Å². The van der Waals surface area contributed by atoms with Crippen LogP contribution in [0.2, 0.25) is 0 Å². The Morgan fingerprint density at radius 2 is 1.90 bits per heavy atom. The molecule has 1 heterocycles. The topological polar surface area (TPSA) is 61.4 Å². The Balaban J connectivity index is 1.81. The fraction of sp³-hybridized carbons (Fsp3) is 0.143. The monoisotopic (exact) mass is 289 g/mol. The fourth-order valence-electron chi connectivity index (χ4n) is 1.60. The summed E-state index contributed by atoms with van der Waals surface area (Å²) in [7, 11) is 1.67. The molecule has 0 saturated heterocycles. The molecule has 1 aromatic heterocycles. The van der Waals surface area contributed by atoms with Gasteiger partial charge in [-0.1, -0.05) is 18.2 Å². The van der Waals surface area contributed by atoms with Crippen molar-refractivity contribution in [2.45, 2.75) is 6.54 Å². The van der Waals surface area contributed by atoms with E-state index < -0.39 is 0 Å². The molecule has 0 spiro atoms. The number of benzene rings is 1. The summed E-state index contributed by atoms with van der Waals surface area (Å²) in [6.45, 7) is 0.497. The van der Waals surface area contributed by atoms with Crippen LogP contribution in [0.3, 0.4) is 0 Å². The van der Waals surface area contributed by atoms with Gasteiger partial charge in [-0.2, -0.15) is 11.3 Å². The van der Waals surface area contributed by atoms with Gasteiger partial charge >= 0.3 is 6.03 Å². The maximum Gasteiger partial charge on any atom is 0.336 e. The summed E-state index contributed by atoms with van der Waals surface area (Å²) in [5, 5.41) is 3.94. The Morgan fingerprint density at radius 3 is 2.55 bits per heavy atom. The molecule has 0 bridgehead atoms. The van der Waals surface area contributed by atoms with Crippen LogP contribution in [0.15, 0.2) is 47.2 Å². The van der Waals surface area contributed by atoms with Crippen LogP contribution in [0.4, 0.5) is 4.79 Å². The molecule has 0 aliphatic heterocycles. The number of carbonyl (C=O) groups excluding carboxylic acids is 2. The lowest BCUT2D eigenvalue weighted by molar-refractivity contribution is 0.0931. The molecule has 0 aliphatic carbocycles. The van der Waals surface area contributed by atoms with Gasteiger partial charge in [0.1, 0.15) is 0 Å². The first-order valence-corrected chi connectivity index (χ1v) is 6.98. The van der Waals surface area contributed by atoms with E-state index in [0.717, 1.165) is 5.56 Å². The van der Waals surface area contributed by atoms with Crippen molar-refractivity contribution in [1.82, 2.24) is 15.8 Å². The summed E-state index contributed by atoms with van der Waals surface area (Å²) < 4.78 is 0. The lowest BCUT2D eigenvalue weighted by atomic mass is 10.2. The molecular formula is C14H15N3O2S. The first-order chi connectivity index (χ1) is 9.66. The molecule has 0 aliphatic rings. The van der Waals surface area contributed by atoms with Crippen molar-refractivity contribution in [1.29, 1.82) is 0 Å². The zero-order chi connectivity index (χ0) is 14.4. The van der Waals surface area contributed by atoms with Gasteiger partial charge in [0.15, 0.2) is 0 Å². The van der Waals surface area contributed by atoms with E-state index in [0.29, 0.717) is 12.1 Å². The van der Waals surface area contributed by atoms with E-state index in [9.17, 15) is 9.59 Å². The van der Waals surface area contributed by atoms with Gasteiger partial charge in [0.2, 0.25) is 0 Å². The van der Waals surface area contributed by atoms with Gasteiger partial charge in [-0.05, 0) is 34.5 Å². The average molecular weight is 289 g/mol. The number of thiophene rings is 1. The van der Waals surface area contributed by atoms with Gasteiger partial charge in [-0.25, -0.2) is 10.2 Å². The molecule has 0 atom stereocenters. The van der Waals surface area contributed by atoms with Crippen molar-refractivity contribution < 1.29 is 9.59 Å². The second kappa shape index (κ2) is 6.72. The molecule has 2 aromatic rings. The maximum atomic E-state index is 11.8. The van der Waals surface area contributed by atoms with Crippen molar-refractivity contribution in [3.63, 3.8) is 0 Å². The number of hydrazine groups is 1. The highest BCUT2D eigenvalue weighted by atomic mass is 32.1. The van der Waals surface area contributed by atoms with Crippen LogP contribution in [-0.2, 0) is 6.54 Å². The fourth-order valence-corrected chi connectivity index (χ4v) is 2.26. The third-order valence-corrected chi connectivity index (χ3v) is 3.40. The summed E-state index contributed by atoms with van der Waals surface area (Å²) in [5.41, 5.74) is 6.32. The van der Waals surface area contributed by atoms with Crippen LogP contribution in [0.1, 0.15) is 15.9 Å². The third-order valence-electron chi connectivity index (χ3n) is 2.67. The first kappa shape index (κ1) is 14.1. The highest BCUT2D eigenvalue weighted by Gasteiger charge is 2.11. The summed E-state index contributed by atoms with van der Waals surface area (Å²) >= 11 is 1.58.